The molecule has 1 amide bonds. The van der Waals surface area contributed by atoms with Crippen LogP contribution in [0.3, 0.4) is 0 Å². The zero-order chi connectivity index (χ0) is 19.9. The minimum Gasteiger partial charge on any atom is -0.496 e. The summed E-state index contributed by atoms with van der Waals surface area (Å²) in [6.07, 6.45) is 1.97. The van der Waals surface area contributed by atoms with Crippen LogP contribution in [0.1, 0.15) is 36.4 Å². The smallest absolute Gasteiger partial charge is 0.246 e. The monoisotopic (exact) mass is 404 g/mol. The number of fused-ring (bicyclic) bond motifs is 1. The molecule has 28 heavy (non-hydrogen) atoms. The first-order chi connectivity index (χ1) is 13.4. The molecular formula is C20H21FN2O4S. The molecule has 1 unspecified atom stereocenters. The van der Waals surface area contributed by atoms with E-state index in [0.29, 0.717) is 42.8 Å². The van der Waals surface area contributed by atoms with Crippen LogP contribution in [0.25, 0.3) is 0 Å². The molecule has 2 heterocycles. The van der Waals surface area contributed by atoms with Crippen molar-refractivity contribution in [3.63, 3.8) is 0 Å². The number of ether oxygens (including phenoxy) is 1. The lowest BCUT2D eigenvalue weighted by atomic mass is 10.0. The van der Waals surface area contributed by atoms with Crippen molar-refractivity contribution in [3.8, 4) is 5.75 Å². The number of nitrogens with zero attached hydrogens (tertiary/aromatic N) is 1. The Kier molecular flexibility index (Phi) is 4.84. The number of anilines is 1. The summed E-state index contributed by atoms with van der Waals surface area (Å²) in [6.45, 7) is 0.318. The number of hydrogen-bond donors (Lipinski definition) is 1. The lowest BCUT2D eigenvalue weighted by molar-refractivity contribution is -0.116. The van der Waals surface area contributed by atoms with Gasteiger partial charge in [-0.15, -0.1) is 0 Å². The van der Waals surface area contributed by atoms with Crippen molar-refractivity contribution >= 4 is 21.6 Å². The Morgan fingerprint density at radius 1 is 1.21 bits per heavy atom. The number of hydrogen-bond acceptors (Lipinski definition) is 4. The van der Waals surface area contributed by atoms with E-state index in [9.17, 15) is 17.6 Å². The summed E-state index contributed by atoms with van der Waals surface area (Å²) in [7, 11) is -2.50. The van der Waals surface area contributed by atoms with E-state index in [4.69, 9.17) is 4.74 Å². The van der Waals surface area contributed by atoms with Crippen LogP contribution in [0.5, 0.6) is 5.75 Å². The van der Waals surface area contributed by atoms with E-state index in [2.05, 4.69) is 5.32 Å². The first-order valence-corrected chi connectivity index (χ1v) is 10.6. The summed E-state index contributed by atoms with van der Waals surface area (Å²) < 4.78 is 48.2. The van der Waals surface area contributed by atoms with Crippen molar-refractivity contribution in [3.05, 3.63) is 53.3 Å². The fourth-order valence-corrected chi connectivity index (χ4v) is 5.76. The number of aryl methyl sites for hydroxylation is 1. The number of benzene rings is 2. The maximum Gasteiger partial charge on any atom is 0.246 e. The number of nitrogens with one attached hydrogen (secondary N) is 1. The standard InChI is InChI=1S/C20H21FN2O4S/c1-27-18-7-3-2-5-14(18)17-6-4-10-23(17)28(25,26)19-11-13-8-9-20(24)22-16(13)12-15(19)21/h2-3,5,7,11-12,17H,4,6,8-10H2,1H3,(H,22,24). The van der Waals surface area contributed by atoms with Gasteiger partial charge in [0.05, 0.1) is 13.2 Å². The first-order valence-electron chi connectivity index (χ1n) is 9.19. The normalized spacial score (nSPS) is 19.9. The van der Waals surface area contributed by atoms with Gasteiger partial charge in [-0.1, -0.05) is 18.2 Å². The fraction of sp³-hybridized carbons (Fsp3) is 0.350. The molecule has 0 aliphatic carbocycles. The van der Waals surface area contributed by atoms with E-state index in [-0.39, 0.29) is 17.2 Å². The van der Waals surface area contributed by atoms with Gasteiger partial charge in [0.25, 0.3) is 0 Å². The summed E-state index contributed by atoms with van der Waals surface area (Å²) in [5, 5.41) is 2.59. The van der Waals surface area contributed by atoms with Crippen LogP contribution in [0.15, 0.2) is 41.3 Å². The first kappa shape index (κ1) is 18.9. The minimum atomic E-state index is -4.05. The lowest BCUT2D eigenvalue weighted by Crippen LogP contribution is -2.32. The minimum absolute atomic E-state index is 0.196. The maximum absolute atomic E-state index is 14.7. The molecule has 0 radical (unpaired) electrons. The van der Waals surface area contributed by atoms with Gasteiger partial charge in [-0.2, -0.15) is 4.31 Å². The molecule has 2 aliphatic rings. The number of methoxy groups -OCH3 is 1. The average Bonchev–Trinajstić information content (AvgIpc) is 3.17. The second-order valence-corrected chi connectivity index (χ2v) is 8.86. The number of halogens is 1. The molecule has 1 N–H and O–H groups in total. The van der Waals surface area contributed by atoms with Gasteiger partial charge in [-0.3, -0.25) is 4.79 Å². The third-order valence-corrected chi connectivity index (χ3v) is 7.26. The molecule has 2 aromatic rings. The van der Waals surface area contributed by atoms with Gasteiger partial charge in [0, 0.05) is 24.2 Å². The molecule has 4 rings (SSSR count). The molecule has 2 aromatic carbocycles. The van der Waals surface area contributed by atoms with E-state index in [1.807, 2.05) is 18.2 Å². The number of carbonyl (C=O) groups is 1. The van der Waals surface area contributed by atoms with Gasteiger partial charge < -0.3 is 10.1 Å². The van der Waals surface area contributed by atoms with Gasteiger partial charge in [0.1, 0.15) is 16.5 Å². The van der Waals surface area contributed by atoms with Crippen molar-refractivity contribution in [1.29, 1.82) is 0 Å². The van der Waals surface area contributed by atoms with Gasteiger partial charge in [-0.25, -0.2) is 12.8 Å². The number of sulfonamides is 1. The van der Waals surface area contributed by atoms with E-state index >= 15 is 0 Å². The number of rotatable bonds is 4. The lowest BCUT2D eigenvalue weighted by Gasteiger charge is -2.26. The van der Waals surface area contributed by atoms with E-state index < -0.39 is 21.9 Å². The average molecular weight is 404 g/mol. The maximum atomic E-state index is 14.7. The number of para-hydroxylation sites is 1. The van der Waals surface area contributed by atoms with Gasteiger partial charge in [-0.05, 0) is 43.0 Å². The van der Waals surface area contributed by atoms with E-state index in [1.54, 1.807) is 13.2 Å². The third kappa shape index (κ3) is 3.16. The Labute approximate surface area is 163 Å². The molecular weight excluding hydrogens is 383 g/mol. The highest BCUT2D eigenvalue weighted by atomic mass is 32.2. The van der Waals surface area contributed by atoms with E-state index in [1.165, 1.54) is 10.4 Å². The molecule has 2 aliphatic heterocycles. The van der Waals surface area contributed by atoms with Crippen molar-refractivity contribution in [2.24, 2.45) is 0 Å². The Balaban J connectivity index is 1.75. The Bertz CT molecular complexity index is 1040. The van der Waals surface area contributed by atoms with Crippen molar-refractivity contribution in [2.75, 3.05) is 19.0 Å². The molecule has 0 aromatic heterocycles. The van der Waals surface area contributed by atoms with Gasteiger partial charge >= 0.3 is 0 Å². The van der Waals surface area contributed by atoms with Crippen LogP contribution in [-0.2, 0) is 21.2 Å². The highest BCUT2D eigenvalue weighted by Crippen LogP contribution is 2.41. The molecule has 1 saturated heterocycles. The predicted octanol–water partition coefficient (Wildman–Crippen LogP) is 3.24. The molecule has 1 atom stereocenters. The van der Waals surface area contributed by atoms with Crippen LogP contribution in [0.4, 0.5) is 10.1 Å². The molecule has 6 nitrogen and oxygen atoms in total. The second kappa shape index (κ2) is 7.18. The molecule has 0 saturated carbocycles. The number of carbonyl (C=O) groups excluding carboxylic acids is 1. The largest absolute Gasteiger partial charge is 0.496 e. The third-order valence-electron chi connectivity index (χ3n) is 5.34. The van der Waals surface area contributed by atoms with Crippen LogP contribution in [-0.4, -0.2) is 32.3 Å². The SMILES string of the molecule is COc1ccccc1C1CCCN1S(=O)(=O)c1cc2c(cc1F)NC(=O)CC2. The Morgan fingerprint density at radius 3 is 2.79 bits per heavy atom. The zero-order valence-electron chi connectivity index (χ0n) is 15.4. The zero-order valence-corrected chi connectivity index (χ0v) is 16.3. The van der Waals surface area contributed by atoms with Crippen LogP contribution in [0, 0.1) is 5.82 Å². The Morgan fingerprint density at radius 2 is 2.00 bits per heavy atom. The summed E-state index contributed by atoms with van der Waals surface area (Å²) in [4.78, 5) is 11.2. The molecule has 148 valence electrons. The highest BCUT2D eigenvalue weighted by Gasteiger charge is 2.39. The molecule has 0 bridgehead atoms. The summed E-state index contributed by atoms with van der Waals surface area (Å²) in [5.74, 6) is -0.437. The van der Waals surface area contributed by atoms with Crippen LogP contribution < -0.4 is 10.1 Å². The van der Waals surface area contributed by atoms with Crippen molar-refractivity contribution < 1.29 is 22.3 Å². The summed E-state index contributed by atoms with van der Waals surface area (Å²) in [6, 6.07) is 9.36. The quantitative estimate of drug-likeness (QED) is 0.849. The molecule has 0 spiro atoms. The number of amides is 1. The van der Waals surface area contributed by atoms with Gasteiger partial charge in [0.2, 0.25) is 15.9 Å². The summed E-state index contributed by atoms with van der Waals surface area (Å²) in [5.41, 5.74) is 1.75. The van der Waals surface area contributed by atoms with Crippen molar-refractivity contribution in [2.45, 2.75) is 36.6 Å². The summed E-state index contributed by atoms with van der Waals surface area (Å²) >= 11 is 0. The van der Waals surface area contributed by atoms with Crippen LogP contribution >= 0.6 is 0 Å². The van der Waals surface area contributed by atoms with Gasteiger partial charge in [0.15, 0.2) is 0 Å². The Hall–Kier alpha value is -2.45. The fourth-order valence-electron chi connectivity index (χ4n) is 3.98. The van der Waals surface area contributed by atoms with Crippen molar-refractivity contribution in [1.82, 2.24) is 4.31 Å². The molecule has 8 heteroatoms. The van der Waals surface area contributed by atoms with Crippen LogP contribution in [0.2, 0.25) is 0 Å². The van der Waals surface area contributed by atoms with E-state index in [0.717, 1.165) is 11.6 Å². The second-order valence-electron chi connectivity index (χ2n) is 7.00. The predicted molar refractivity (Wildman–Crippen MR) is 102 cm³/mol. The topological polar surface area (TPSA) is 75.7 Å². The molecule has 1 fully saturated rings. The highest BCUT2D eigenvalue weighted by molar-refractivity contribution is 7.89.